The Hall–Kier alpha value is -0.390. The van der Waals surface area contributed by atoms with Crippen LogP contribution in [-0.2, 0) is 15.9 Å². The van der Waals surface area contributed by atoms with Crippen molar-refractivity contribution in [2.45, 2.75) is 19.6 Å². The van der Waals surface area contributed by atoms with Gasteiger partial charge in [-0.05, 0) is 25.5 Å². The molecule has 1 aromatic rings. The lowest BCUT2D eigenvalue weighted by Gasteiger charge is -1.94. The number of rotatable bonds is 2. The molecule has 0 aliphatic rings. The zero-order valence-electron chi connectivity index (χ0n) is 6.86. The highest BCUT2D eigenvalue weighted by Gasteiger charge is 2.10. The highest BCUT2D eigenvalue weighted by molar-refractivity contribution is 7.85. The van der Waals surface area contributed by atoms with Crippen molar-refractivity contribution in [2.75, 3.05) is 0 Å². The fraction of sp³-hybridized carbons (Fsp3) is 0.429. The van der Waals surface area contributed by atoms with Crippen LogP contribution in [0.25, 0.3) is 0 Å². The maximum atomic E-state index is 10.5. The summed E-state index contributed by atoms with van der Waals surface area (Å²) in [5.41, 5.74) is 0.694. The second kappa shape index (κ2) is 3.16. The molecule has 0 atom stereocenters. The van der Waals surface area contributed by atoms with E-state index in [0.717, 1.165) is 9.75 Å². The van der Waals surface area contributed by atoms with E-state index < -0.39 is 10.1 Å². The highest BCUT2D eigenvalue weighted by atomic mass is 32.2. The van der Waals surface area contributed by atoms with Crippen LogP contribution in [0.3, 0.4) is 0 Å². The van der Waals surface area contributed by atoms with Crippen molar-refractivity contribution >= 4 is 21.5 Å². The van der Waals surface area contributed by atoms with Crippen molar-refractivity contribution in [3.05, 3.63) is 21.4 Å². The molecule has 3 nitrogen and oxygen atoms in total. The van der Waals surface area contributed by atoms with E-state index in [2.05, 4.69) is 0 Å². The van der Waals surface area contributed by atoms with Crippen molar-refractivity contribution in [1.29, 1.82) is 0 Å². The maximum absolute atomic E-state index is 10.5. The van der Waals surface area contributed by atoms with Gasteiger partial charge in [0.1, 0.15) is 5.75 Å². The summed E-state index contributed by atoms with van der Waals surface area (Å²) in [5.74, 6) is -0.275. The summed E-state index contributed by atoms with van der Waals surface area (Å²) in [5, 5.41) is 0. The van der Waals surface area contributed by atoms with Gasteiger partial charge in [0.05, 0.1) is 0 Å². The van der Waals surface area contributed by atoms with Gasteiger partial charge in [0.2, 0.25) is 0 Å². The summed E-state index contributed by atoms with van der Waals surface area (Å²) in [6.07, 6.45) is 0. The first-order valence-corrected chi connectivity index (χ1v) is 5.82. The van der Waals surface area contributed by atoms with E-state index in [9.17, 15) is 8.42 Å². The molecule has 0 aromatic carbocycles. The fourth-order valence-corrected chi connectivity index (χ4v) is 2.75. The molecule has 1 heterocycles. The summed E-state index contributed by atoms with van der Waals surface area (Å²) in [4.78, 5) is 2.01. The Kier molecular flexibility index (Phi) is 2.55. The minimum Gasteiger partial charge on any atom is -0.285 e. The third kappa shape index (κ3) is 2.58. The minimum absolute atomic E-state index is 0.275. The molecule has 12 heavy (non-hydrogen) atoms. The van der Waals surface area contributed by atoms with E-state index in [-0.39, 0.29) is 5.75 Å². The summed E-state index contributed by atoms with van der Waals surface area (Å²) in [6, 6.07) is 1.79. The molecule has 1 aromatic heterocycles. The minimum atomic E-state index is -3.88. The van der Waals surface area contributed by atoms with Crippen LogP contribution < -0.4 is 0 Å². The van der Waals surface area contributed by atoms with Crippen molar-refractivity contribution in [3.8, 4) is 0 Å². The summed E-state index contributed by atoms with van der Waals surface area (Å²) < 4.78 is 29.6. The van der Waals surface area contributed by atoms with Gasteiger partial charge in [-0.15, -0.1) is 11.3 Å². The van der Waals surface area contributed by atoms with E-state index in [4.69, 9.17) is 4.55 Å². The Morgan fingerprint density at radius 2 is 2.08 bits per heavy atom. The van der Waals surface area contributed by atoms with E-state index in [1.165, 1.54) is 11.3 Å². The SMILES string of the molecule is Cc1cc(CS(=O)(=O)O)c(C)s1. The largest absolute Gasteiger partial charge is 0.285 e. The third-order valence-corrected chi connectivity index (χ3v) is 3.17. The van der Waals surface area contributed by atoms with Crippen molar-refractivity contribution in [2.24, 2.45) is 0 Å². The van der Waals surface area contributed by atoms with Crippen LogP contribution in [0.1, 0.15) is 15.3 Å². The Morgan fingerprint density at radius 1 is 1.50 bits per heavy atom. The summed E-state index contributed by atoms with van der Waals surface area (Å²) >= 11 is 1.53. The normalized spacial score (nSPS) is 11.9. The molecule has 0 saturated carbocycles. The molecule has 0 saturated heterocycles. The standard InChI is InChI=1S/C7H10O3S2/c1-5-3-7(6(2)11-5)4-12(8,9)10/h3H,4H2,1-2H3,(H,8,9,10). The lowest BCUT2D eigenvalue weighted by molar-refractivity contribution is 0.482. The van der Waals surface area contributed by atoms with E-state index in [1.807, 2.05) is 13.8 Å². The number of hydrogen-bond donors (Lipinski definition) is 1. The first-order chi connectivity index (χ1) is 5.38. The van der Waals surface area contributed by atoms with Gasteiger partial charge in [-0.2, -0.15) is 8.42 Å². The molecular formula is C7H10O3S2. The van der Waals surface area contributed by atoms with Gasteiger partial charge in [0, 0.05) is 9.75 Å². The van der Waals surface area contributed by atoms with E-state index in [1.54, 1.807) is 6.07 Å². The molecule has 5 heteroatoms. The lowest BCUT2D eigenvalue weighted by Crippen LogP contribution is -2.01. The number of hydrogen-bond acceptors (Lipinski definition) is 3. The summed E-state index contributed by atoms with van der Waals surface area (Å²) in [6.45, 7) is 3.75. The van der Waals surface area contributed by atoms with E-state index >= 15 is 0 Å². The van der Waals surface area contributed by atoms with Gasteiger partial charge in [-0.3, -0.25) is 4.55 Å². The van der Waals surface area contributed by atoms with Crippen LogP contribution in [0.4, 0.5) is 0 Å². The van der Waals surface area contributed by atoms with Crippen molar-refractivity contribution in [3.63, 3.8) is 0 Å². The van der Waals surface area contributed by atoms with Crippen LogP contribution in [0.5, 0.6) is 0 Å². The topological polar surface area (TPSA) is 54.4 Å². The van der Waals surface area contributed by atoms with Crippen LogP contribution in [-0.4, -0.2) is 13.0 Å². The molecule has 0 fully saturated rings. The average Bonchev–Trinajstić information content (AvgIpc) is 2.06. The first-order valence-electron chi connectivity index (χ1n) is 3.39. The third-order valence-electron chi connectivity index (χ3n) is 1.48. The van der Waals surface area contributed by atoms with Gasteiger partial charge < -0.3 is 0 Å². The predicted molar refractivity (Wildman–Crippen MR) is 49.0 cm³/mol. The Labute approximate surface area is 75.8 Å². The van der Waals surface area contributed by atoms with Gasteiger partial charge in [0.15, 0.2) is 0 Å². The second-order valence-corrected chi connectivity index (χ2v) is 5.58. The maximum Gasteiger partial charge on any atom is 0.269 e. The van der Waals surface area contributed by atoms with Crippen LogP contribution in [0.15, 0.2) is 6.07 Å². The number of thiophene rings is 1. The smallest absolute Gasteiger partial charge is 0.269 e. The van der Waals surface area contributed by atoms with Gasteiger partial charge >= 0.3 is 0 Å². The predicted octanol–water partition coefficient (Wildman–Crippen LogP) is 1.75. The molecule has 0 unspecified atom stereocenters. The molecule has 0 bridgehead atoms. The first kappa shape index (κ1) is 9.70. The Balaban J connectivity index is 2.97. The van der Waals surface area contributed by atoms with Gasteiger partial charge in [-0.25, -0.2) is 0 Å². The summed E-state index contributed by atoms with van der Waals surface area (Å²) in [7, 11) is -3.88. The lowest BCUT2D eigenvalue weighted by atomic mass is 10.3. The molecule has 0 aliphatic carbocycles. The average molecular weight is 206 g/mol. The molecule has 0 amide bonds. The van der Waals surface area contributed by atoms with E-state index in [0.29, 0.717) is 5.56 Å². The molecule has 0 spiro atoms. The molecule has 1 rings (SSSR count). The molecular weight excluding hydrogens is 196 g/mol. The molecule has 1 N–H and O–H groups in total. The quantitative estimate of drug-likeness (QED) is 0.750. The highest BCUT2D eigenvalue weighted by Crippen LogP contribution is 2.21. The Morgan fingerprint density at radius 3 is 2.42 bits per heavy atom. The second-order valence-electron chi connectivity index (χ2n) is 2.66. The zero-order valence-corrected chi connectivity index (χ0v) is 8.50. The van der Waals surface area contributed by atoms with Crippen molar-refractivity contribution in [1.82, 2.24) is 0 Å². The zero-order chi connectivity index (χ0) is 9.35. The monoisotopic (exact) mass is 206 g/mol. The van der Waals surface area contributed by atoms with Gasteiger partial charge in [-0.1, -0.05) is 0 Å². The molecule has 68 valence electrons. The van der Waals surface area contributed by atoms with Gasteiger partial charge in [0.25, 0.3) is 10.1 Å². The van der Waals surface area contributed by atoms with Crippen LogP contribution in [0.2, 0.25) is 0 Å². The number of aryl methyl sites for hydroxylation is 2. The Bertz CT molecular complexity index is 375. The van der Waals surface area contributed by atoms with Crippen molar-refractivity contribution < 1.29 is 13.0 Å². The fourth-order valence-electron chi connectivity index (χ4n) is 1.02. The molecule has 0 aliphatic heterocycles. The van der Waals surface area contributed by atoms with Crippen LogP contribution in [0, 0.1) is 13.8 Å². The molecule has 0 radical (unpaired) electrons. The van der Waals surface area contributed by atoms with Crippen LogP contribution >= 0.6 is 11.3 Å².